The Morgan fingerprint density at radius 1 is 1.20 bits per heavy atom. The molecule has 2 nitrogen and oxygen atoms in total. The average molecular weight is 395 g/mol. The second kappa shape index (κ2) is 5.70. The third-order valence-electron chi connectivity index (χ3n) is 3.27. The van der Waals surface area contributed by atoms with E-state index in [9.17, 15) is 0 Å². The van der Waals surface area contributed by atoms with Gasteiger partial charge in [-0.15, -0.1) is 0 Å². The van der Waals surface area contributed by atoms with Crippen molar-refractivity contribution in [3.8, 4) is 0 Å². The molecule has 20 heavy (non-hydrogen) atoms. The summed E-state index contributed by atoms with van der Waals surface area (Å²) in [7, 11) is 0. The van der Waals surface area contributed by atoms with Gasteiger partial charge in [0.2, 0.25) is 0 Å². The van der Waals surface area contributed by atoms with E-state index in [-0.39, 0.29) is 4.83 Å². The van der Waals surface area contributed by atoms with Crippen molar-refractivity contribution in [1.82, 2.24) is 4.98 Å². The molecule has 1 atom stereocenters. The fourth-order valence-electron chi connectivity index (χ4n) is 2.22. The van der Waals surface area contributed by atoms with Crippen LogP contribution in [0.1, 0.15) is 21.8 Å². The Kier molecular flexibility index (Phi) is 3.94. The molecule has 0 aliphatic heterocycles. The number of para-hydroxylation sites is 2. The summed E-state index contributed by atoms with van der Waals surface area (Å²) in [4.78, 5) is 4.71. The molecule has 0 amide bonds. The molecular formula is C16H13Br2NO. The molecule has 0 spiro atoms. The van der Waals surface area contributed by atoms with Gasteiger partial charge in [-0.05, 0) is 42.3 Å². The zero-order valence-corrected chi connectivity index (χ0v) is 14.1. The Labute approximate surface area is 134 Å². The first-order valence-corrected chi connectivity index (χ1v) is 8.09. The molecule has 0 radical (unpaired) electrons. The van der Waals surface area contributed by atoms with Gasteiger partial charge in [0.15, 0.2) is 11.5 Å². The van der Waals surface area contributed by atoms with Crippen LogP contribution in [0.5, 0.6) is 0 Å². The maximum absolute atomic E-state index is 5.78. The van der Waals surface area contributed by atoms with Crippen LogP contribution >= 0.6 is 31.9 Å². The minimum absolute atomic E-state index is 0.188. The van der Waals surface area contributed by atoms with E-state index in [2.05, 4.69) is 62.0 Å². The predicted molar refractivity (Wildman–Crippen MR) is 88.3 cm³/mol. The number of hydrogen-bond acceptors (Lipinski definition) is 2. The summed E-state index contributed by atoms with van der Waals surface area (Å²) >= 11 is 7.26. The lowest BCUT2D eigenvalue weighted by atomic mass is 10.0. The van der Waals surface area contributed by atoms with E-state index in [1.807, 2.05) is 24.3 Å². The van der Waals surface area contributed by atoms with Gasteiger partial charge in [0.1, 0.15) is 5.52 Å². The van der Waals surface area contributed by atoms with Crippen LogP contribution in [0.2, 0.25) is 0 Å². The van der Waals surface area contributed by atoms with Crippen LogP contribution < -0.4 is 0 Å². The lowest BCUT2D eigenvalue weighted by Gasteiger charge is -2.11. The zero-order valence-electron chi connectivity index (χ0n) is 10.9. The Hall–Kier alpha value is -1.13. The van der Waals surface area contributed by atoms with Crippen molar-refractivity contribution in [2.75, 3.05) is 0 Å². The van der Waals surface area contributed by atoms with Gasteiger partial charge in [-0.2, -0.15) is 0 Å². The molecular weight excluding hydrogens is 382 g/mol. The van der Waals surface area contributed by atoms with Crippen molar-refractivity contribution >= 4 is 43.0 Å². The van der Waals surface area contributed by atoms with Gasteiger partial charge < -0.3 is 4.42 Å². The highest BCUT2D eigenvalue weighted by atomic mass is 79.9. The van der Waals surface area contributed by atoms with E-state index in [4.69, 9.17) is 4.42 Å². The van der Waals surface area contributed by atoms with E-state index in [1.165, 1.54) is 11.1 Å². The maximum atomic E-state index is 5.78. The van der Waals surface area contributed by atoms with Gasteiger partial charge in [0.05, 0.1) is 0 Å². The molecule has 0 saturated heterocycles. The monoisotopic (exact) mass is 393 g/mol. The second-order valence-electron chi connectivity index (χ2n) is 4.75. The molecule has 0 aliphatic rings. The highest BCUT2D eigenvalue weighted by Crippen LogP contribution is 2.32. The Morgan fingerprint density at radius 2 is 2.00 bits per heavy atom. The van der Waals surface area contributed by atoms with Crippen molar-refractivity contribution in [2.24, 2.45) is 0 Å². The summed E-state index contributed by atoms with van der Waals surface area (Å²) in [6.45, 7) is 2.11. The molecule has 4 heteroatoms. The lowest BCUT2D eigenvalue weighted by molar-refractivity contribution is 0.527. The Balaban J connectivity index is 1.88. The molecule has 1 aromatic heterocycles. The van der Waals surface area contributed by atoms with Crippen molar-refractivity contribution < 1.29 is 4.42 Å². The molecule has 0 saturated carbocycles. The third-order valence-corrected chi connectivity index (χ3v) is 4.58. The van der Waals surface area contributed by atoms with Crippen molar-refractivity contribution in [3.05, 3.63) is 64.0 Å². The molecule has 3 aromatic rings. The van der Waals surface area contributed by atoms with Crippen LogP contribution in [0.4, 0.5) is 0 Å². The molecule has 1 unspecified atom stereocenters. The molecule has 0 bridgehead atoms. The second-order valence-corrected chi connectivity index (χ2v) is 6.77. The van der Waals surface area contributed by atoms with Gasteiger partial charge in [-0.3, -0.25) is 0 Å². The predicted octanol–water partition coefficient (Wildman–Crippen LogP) is 5.58. The first kappa shape index (κ1) is 13.8. The third kappa shape index (κ3) is 2.81. The number of benzene rings is 2. The lowest BCUT2D eigenvalue weighted by Crippen LogP contribution is -1.98. The number of halogens is 2. The minimum Gasteiger partial charge on any atom is -0.441 e. The van der Waals surface area contributed by atoms with E-state index in [0.29, 0.717) is 0 Å². The maximum Gasteiger partial charge on any atom is 0.196 e. The van der Waals surface area contributed by atoms with Crippen molar-refractivity contribution in [2.45, 2.75) is 18.2 Å². The largest absolute Gasteiger partial charge is 0.441 e. The van der Waals surface area contributed by atoms with Crippen LogP contribution in [0.3, 0.4) is 0 Å². The van der Waals surface area contributed by atoms with Gasteiger partial charge in [-0.1, -0.05) is 50.1 Å². The van der Waals surface area contributed by atoms with E-state index >= 15 is 0 Å². The Morgan fingerprint density at radius 3 is 2.80 bits per heavy atom. The standard InChI is InChI=1S/C16H13Br2NO/c1-10-6-7-11(17)8-12(10)13(18)9-16-19-14-4-2-3-5-15(14)20-16/h2-8,13H,9H2,1H3. The molecule has 0 aliphatic carbocycles. The number of hydrogen-bond donors (Lipinski definition) is 0. The van der Waals surface area contributed by atoms with Gasteiger partial charge in [-0.25, -0.2) is 4.98 Å². The van der Waals surface area contributed by atoms with E-state index < -0.39 is 0 Å². The summed E-state index contributed by atoms with van der Waals surface area (Å²) < 4.78 is 6.86. The normalized spacial score (nSPS) is 12.8. The molecule has 0 N–H and O–H groups in total. The number of nitrogens with zero attached hydrogens (tertiary/aromatic N) is 1. The quantitative estimate of drug-likeness (QED) is 0.542. The van der Waals surface area contributed by atoms with Gasteiger partial charge >= 0.3 is 0 Å². The number of oxazole rings is 1. The number of rotatable bonds is 3. The molecule has 102 valence electrons. The first-order chi connectivity index (χ1) is 9.63. The summed E-state index contributed by atoms with van der Waals surface area (Å²) in [5.74, 6) is 0.757. The summed E-state index contributed by atoms with van der Waals surface area (Å²) in [6, 6.07) is 14.1. The number of fused-ring (bicyclic) bond motifs is 1. The smallest absolute Gasteiger partial charge is 0.196 e. The topological polar surface area (TPSA) is 26.0 Å². The van der Waals surface area contributed by atoms with Crippen molar-refractivity contribution in [1.29, 1.82) is 0 Å². The van der Waals surface area contributed by atoms with Crippen LogP contribution in [0, 0.1) is 6.92 Å². The summed E-state index contributed by atoms with van der Waals surface area (Å²) in [6.07, 6.45) is 0.728. The number of aryl methyl sites for hydroxylation is 1. The average Bonchev–Trinajstić information content (AvgIpc) is 2.83. The van der Waals surface area contributed by atoms with Crippen LogP contribution in [0.15, 0.2) is 51.4 Å². The number of alkyl halides is 1. The van der Waals surface area contributed by atoms with Crippen LogP contribution in [-0.4, -0.2) is 4.98 Å². The summed E-state index contributed by atoms with van der Waals surface area (Å²) in [5.41, 5.74) is 4.26. The van der Waals surface area contributed by atoms with Crippen molar-refractivity contribution in [3.63, 3.8) is 0 Å². The van der Waals surface area contributed by atoms with Crippen LogP contribution in [0.25, 0.3) is 11.1 Å². The fraction of sp³-hybridized carbons (Fsp3) is 0.188. The van der Waals surface area contributed by atoms with Crippen LogP contribution in [-0.2, 0) is 6.42 Å². The number of aromatic nitrogens is 1. The molecule has 1 heterocycles. The minimum atomic E-state index is 0.188. The molecule has 2 aromatic carbocycles. The fourth-order valence-corrected chi connectivity index (χ4v) is 3.37. The Bertz CT molecular complexity index is 718. The highest BCUT2D eigenvalue weighted by Gasteiger charge is 2.15. The molecule has 3 rings (SSSR count). The first-order valence-electron chi connectivity index (χ1n) is 6.38. The van der Waals surface area contributed by atoms with E-state index in [0.717, 1.165) is 27.9 Å². The van der Waals surface area contributed by atoms with E-state index in [1.54, 1.807) is 0 Å². The molecule has 0 fully saturated rings. The zero-order chi connectivity index (χ0) is 14.1. The van der Waals surface area contributed by atoms with Gasteiger partial charge in [0, 0.05) is 15.7 Å². The summed E-state index contributed by atoms with van der Waals surface area (Å²) in [5, 5.41) is 0. The highest BCUT2D eigenvalue weighted by molar-refractivity contribution is 9.10. The van der Waals surface area contributed by atoms with Gasteiger partial charge in [0.25, 0.3) is 0 Å². The SMILES string of the molecule is Cc1ccc(Br)cc1C(Br)Cc1nc2ccccc2o1.